The highest BCUT2D eigenvalue weighted by molar-refractivity contribution is 7.47. The van der Waals surface area contributed by atoms with E-state index in [-0.39, 0.29) is 26.1 Å². The van der Waals surface area contributed by atoms with E-state index in [1.807, 2.05) is 21.1 Å². The zero-order chi connectivity index (χ0) is 55.6. The van der Waals surface area contributed by atoms with Crippen molar-refractivity contribution < 1.29 is 42.1 Å². The number of nitrogens with zero attached hydrogens (tertiary/aromatic N) is 1. The van der Waals surface area contributed by atoms with Crippen LogP contribution in [0.15, 0.2) is 122 Å². The van der Waals surface area contributed by atoms with Gasteiger partial charge < -0.3 is 18.9 Å². The van der Waals surface area contributed by atoms with E-state index in [0.717, 1.165) is 109 Å². The molecule has 2 atom stereocenters. The Morgan fingerprint density at radius 2 is 0.711 bits per heavy atom. The molecule has 1 N–H and O–H groups in total. The Morgan fingerprint density at radius 1 is 0.408 bits per heavy atom. The summed E-state index contributed by atoms with van der Waals surface area (Å²) in [5, 5.41) is 0. The van der Waals surface area contributed by atoms with E-state index < -0.39 is 32.5 Å². The summed E-state index contributed by atoms with van der Waals surface area (Å²) in [7, 11) is 1.45. The van der Waals surface area contributed by atoms with E-state index in [9.17, 15) is 19.0 Å². The summed E-state index contributed by atoms with van der Waals surface area (Å²) < 4.78 is 34.5. The standard InChI is InChI=1S/C66H112NO8P/c1-6-8-10-12-14-16-18-20-22-24-25-26-27-28-29-30-31-32-33-34-35-36-37-38-39-40-41-43-45-47-49-51-53-55-57-59-66(69)75-64(63-74-76(70,71)73-61-60-67(3,4)5)62-72-65(68)58-56-54-52-50-48-46-44-42-23-21-19-17-15-13-11-9-7-2/h8-11,14-17,20-23,25-26,28-29,31-32,44,46,64H,6-7,12-13,18-19,24,27,30,33-43,45,47-63H2,1-5H3/p+1/b10-8-,11-9-,16-14-,17-15-,22-20-,23-21-,26-25-,29-28-,32-31-,46-44-. The molecule has 0 aliphatic heterocycles. The summed E-state index contributed by atoms with van der Waals surface area (Å²) in [6.07, 6.45) is 80.0. The molecule has 434 valence electrons. The highest BCUT2D eigenvalue weighted by Crippen LogP contribution is 2.43. The lowest BCUT2D eigenvalue weighted by atomic mass is 10.0. The number of hydrogen-bond donors (Lipinski definition) is 1. The minimum absolute atomic E-state index is 0.0225. The van der Waals surface area contributed by atoms with E-state index in [4.69, 9.17) is 18.5 Å². The van der Waals surface area contributed by atoms with Gasteiger partial charge in [-0.25, -0.2) is 4.57 Å². The average molecular weight is 1080 g/mol. The highest BCUT2D eigenvalue weighted by atomic mass is 31.2. The van der Waals surface area contributed by atoms with Crippen molar-refractivity contribution in [2.24, 2.45) is 0 Å². The van der Waals surface area contributed by atoms with Crippen molar-refractivity contribution in [3.8, 4) is 0 Å². The van der Waals surface area contributed by atoms with Crippen LogP contribution in [-0.2, 0) is 32.7 Å². The molecule has 76 heavy (non-hydrogen) atoms. The van der Waals surface area contributed by atoms with Gasteiger partial charge >= 0.3 is 19.8 Å². The zero-order valence-corrected chi connectivity index (χ0v) is 50.1. The number of allylic oxidation sites excluding steroid dienone is 20. The van der Waals surface area contributed by atoms with Crippen LogP contribution in [0.4, 0.5) is 0 Å². The van der Waals surface area contributed by atoms with Gasteiger partial charge in [0.25, 0.3) is 0 Å². The van der Waals surface area contributed by atoms with Gasteiger partial charge in [-0.15, -0.1) is 0 Å². The van der Waals surface area contributed by atoms with Gasteiger partial charge in [-0.05, 0) is 103 Å². The third-order valence-corrected chi connectivity index (χ3v) is 13.5. The minimum atomic E-state index is -4.40. The minimum Gasteiger partial charge on any atom is -0.462 e. The monoisotopic (exact) mass is 1080 g/mol. The first-order chi connectivity index (χ1) is 37.0. The largest absolute Gasteiger partial charge is 0.472 e. The van der Waals surface area contributed by atoms with Gasteiger partial charge in [0.2, 0.25) is 0 Å². The van der Waals surface area contributed by atoms with Crippen LogP contribution in [0.1, 0.15) is 232 Å². The SMILES string of the molecule is CC/C=C\C/C=C\C/C=C\C/C=C\C/C=C\C/C=C\CCCCCCCCCCCCCCCCCCC(=O)OC(COC(=O)CCCCCC/C=C\C/C=C\C/C=C\C/C=C\CC)COP(=O)(O)OCC[N+](C)(C)C. The molecule has 0 bridgehead atoms. The first kappa shape index (κ1) is 72.4. The highest BCUT2D eigenvalue weighted by Gasteiger charge is 2.27. The number of likely N-dealkylation sites (N-methyl/N-ethyl adjacent to an activating group) is 1. The van der Waals surface area contributed by atoms with E-state index >= 15 is 0 Å². The Bertz CT molecular complexity index is 1700. The topological polar surface area (TPSA) is 108 Å². The Balaban J connectivity index is 4.09. The fraction of sp³-hybridized carbons (Fsp3) is 0.667. The molecule has 0 aromatic heterocycles. The molecule has 0 rings (SSSR count). The molecule has 0 aliphatic rings. The first-order valence-corrected chi connectivity index (χ1v) is 31.8. The van der Waals surface area contributed by atoms with Crippen molar-refractivity contribution in [3.05, 3.63) is 122 Å². The van der Waals surface area contributed by atoms with Gasteiger partial charge in [-0.1, -0.05) is 238 Å². The van der Waals surface area contributed by atoms with Crippen molar-refractivity contribution in [2.45, 2.75) is 238 Å². The van der Waals surface area contributed by atoms with Crippen LogP contribution in [0.2, 0.25) is 0 Å². The fourth-order valence-corrected chi connectivity index (χ4v) is 8.63. The number of phosphoric ester groups is 1. The Morgan fingerprint density at radius 3 is 1.05 bits per heavy atom. The summed E-state index contributed by atoms with van der Waals surface area (Å²) in [4.78, 5) is 35.7. The number of esters is 2. The lowest BCUT2D eigenvalue weighted by molar-refractivity contribution is -0.870. The number of phosphoric acid groups is 1. The smallest absolute Gasteiger partial charge is 0.462 e. The maximum Gasteiger partial charge on any atom is 0.472 e. The van der Waals surface area contributed by atoms with Gasteiger partial charge in [0.1, 0.15) is 19.8 Å². The van der Waals surface area contributed by atoms with Gasteiger partial charge in [-0.2, -0.15) is 0 Å². The molecule has 0 saturated carbocycles. The molecular formula is C66H113NO8P+. The summed E-state index contributed by atoms with van der Waals surface area (Å²) in [5.74, 6) is -0.829. The second kappa shape index (κ2) is 56.1. The molecule has 9 nitrogen and oxygen atoms in total. The predicted molar refractivity (Wildman–Crippen MR) is 325 cm³/mol. The summed E-state index contributed by atoms with van der Waals surface area (Å²) >= 11 is 0. The zero-order valence-electron chi connectivity index (χ0n) is 49.2. The molecule has 0 heterocycles. The second-order valence-electron chi connectivity index (χ2n) is 21.0. The number of hydrogen-bond acceptors (Lipinski definition) is 7. The van der Waals surface area contributed by atoms with E-state index in [2.05, 4.69) is 135 Å². The number of carbonyl (C=O) groups excluding carboxylic acids is 2. The van der Waals surface area contributed by atoms with Crippen LogP contribution in [-0.4, -0.2) is 74.9 Å². The van der Waals surface area contributed by atoms with E-state index in [1.54, 1.807) is 0 Å². The normalized spacial score (nSPS) is 14.1. The van der Waals surface area contributed by atoms with Crippen LogP contribution in [0.3, 0.4) is 0 Å². The summed E-state index contributed by atoms with van der Waals surface area (Å²) in [6.45, 7) is 4.17. The molecule has 0 amide bonds. The van der Waals surface area contributed by atoms with E-state index in [0.29, 0.717) is 23.9 Å². The Hall–Kier alpha value is -3.59. The molecule has 0 aromatic carbocycles. The number of carbonyl (C=O) groups is 2. The quantitative estimate of drug-likeness (QED) is 0.0211. The number of rotatable bonds is 54. The second-order valence-corrected chi connectivity index (χ2v) is 22.4. The van der Waals surface area contributed by atoms with E-state index in [1.165, 1.54) is 83.5 Å². The van der Waals surface area contributed by atoms with Crippen molar-refractivity contribution in [1.82, 2.24) is 0 Å². The first-order valence-electron chi connectivity index (χ1n) is 30.3. The predicted octanol–water partition coefficient (Wildman–Crippen LogP) is 19.1. The van der Waals surface area contributed by atoms with Crippen LogP contribution in [0.25, 0.3) is 0 Å². The average Bonchev–Trinajstić information content (AvgIpc) is 3.38. The number of unbranched alkanes of at least 4 members (excludes halogenated alkanes) is 20. The Kier molecular flexibility index (Phi) is 53.5. The van der Waals surface area contributed by atoms with Crippen molar-refractivity contribution >= 4 is 19.8 Å². The van der Waals surface area contributed by atoms with Gasteiger partial charge in [0, 0.05) is 12.8 Å². The van der Waals surface area contributed by atoms with Crippen molar-refractivity contribution in [3.63, 3.8) is 0 Å². The molecule has 0 aliphatic carbocycles. The number of quaternary nitrogens is 1. The molecule has 0 fully saturated rings. The molecule has 0 aromatic rings. The molecule has 10 heteroatoms. The van der Waals surface area contributed by atoms with Crippen molar-refractivity contribution in [2.75, 3.05) is 47.5 Å². The fourth-order valence-electron chi connectivity index (χ4n) is 7.89. The summed E-state index contributed by atoms with van der Waals surface area (Å²) in [5.41, 5.74) is 0. The number of ether oxygens (including phenoxy) is 2. The molecular weight excluding hydrogens is 966 g/mol. The third-order valence-electron chi connectivity index (χ3n) is 12.5. The van der Waals surface area contributed by atoms with Crippen LogP contribution < -0.4 is 0 Å². The van der Waals surface area contributed by atoms with Gasteiger partial charge in [-0.3, -0.25) is 18.6 Å². The van der Waals surface area contributed by atoms with Gasteiger partial charge in [0.05, 0.1) is 27.7 Å². The van der Waals surface area contributed by atoms with Gasteiger partial charge in [0.15, 0.2) is 6.10 Å². The van der Waals surface area contributed by atoms with Crippen LogP contribution in [0, 0.1) is 0 Å². The molecule has 0 radical (unpaired) electrons. The molecule has 0 spiro atoms. The molecule has 0 saturated heterocycles. The molecule has 2 unspecified atom stereocenters. The summed E-state index contributed by atoms with van der Waals surface area (Å²) in [6, 6.07) is 0. The lowest BCUT2D eigenvalue weighted by Crippen LogP contribution is -2.37. The van der Waals surface area contributed by atoms with Crippen LogP contribution in [0.5, 0.6) is 0 Å². The maximum absolute atomic E-state index is 12.8. The maximum atomic E-state index is 12.8. The van der Waals surface area contributed by atoms with Crippen LogP contribution >= 0.6 is 7.82 Å². The lowest BCUT2D eigenvalue weighted by Gasteiger charge is -2.24. The Labute approximate surface area is 467 Å². The van der Waals surface area contributed by atoms with Crippen molar-refractivity contribution in [1.29, 1.82) is 0 Å². The third kappa shape index (κ3) is 59.7.